The largest absolute Gasteiger partial charge is 0.481 e. The molecular weight excluding hydrogens is 196 g/mol. The highest BCUT2D eigenvalue weighted by molar-refractivity contribution is 5.66. The molecule has 1 N–H and O–H groups in total. The number of carboxylic acid groups (broad SMARTS) is 1. The minimum Gasteiger partial charge on any atom is -0.481 e. The maximum atomic E-state index is 9.83. The molecule has 4 nitrogen and oxygen atoms in total. The molecule has 0 saturated carbocycles. The van der Waals surface area contributed by atoms with Crippen LogP contribution < -0.4 is 0 Å². The lowest BCUT2D eigenvalue weighted by atomic mass is 10.4. The summed E-state index contributed by atoms with van der Waals surface area (Å²) < 4.78 is 0. The Morgan fingerprint density at radius 1 is 1.07 bits per heavy atom. The van der Waals surface area contributed by atoms with Gasteiger partial charge in [-0.3, -0.25) is 4.79 Å². The summed E-state index contributed by atoms with van der Waals surface area (Å²) in [7, 11) is 0. The van der Waals surface area contributed by atoms with Gasteiger partial charge in [-0.1, -0.05) is 36.4 Å². The van der Waals surface area contributed by atoms with Gasteiger partial charge in [0, 0.05) is 0 Å². The first kappa shape index (κ1) is 13.6. The van der Waals surface area contributed by atoms with Crippen LogP contribution in [0.4, 0.5) is 0 Å². The number of carbonyl (C=O) groups is 1. The normalized spacial score (nSPS) is 8.87. The van der Waals surface area contributed by atoms with Gasteiger partial charge in [0.25, 0.3) is 0 Å². The van der Waals surface area contributed by atoms with Crippen LogP contribution in [0, 0.1) is 0 Å². The molecule has 0 spiro atoms. The van der Waals surface area contributed by atoms with E-state index in [-0.39, 0.29) is 13.0 Å². The van der Waals surface area contributed by atoms with Crippen LogP contribution in [0.5, 0.6) is 0 Å². The van der Waals surface area contributed by atoms with E-state index < -0.39 is 5.97 Å². The van der Waals surface area contributed by atoms with Gasteiger partial charge in [-0.25, -0.2) is 9.78 Å². The van der Waals surface area contributed by atoms with Crippen LogP contribution in [0.3, 0.4) is 0 Å². The minimum atomic E-state index is -0.880. The fraction of sp³-hybridized carbons (Fsp3) is 0.364. The van der Waals surface area contributed by atoms with E-state index in [0.29, 0.717) is 6.61 Å². The maximum absolute atomic E-state index is 9.83. The first-order chi connectivity index (χ1) is 7.27. The molecule has 1 rings (SSSR count). The predicted molar refractivity (Wildman–Crippen MR) is 56.3 cm³/mol. The molecule has 1 aromatic rings. The number of rotatable bonds is 5. The Morgan fingerprint density at radius 2 is 1.53 bits per heavy atom. The summed E-state index contributed by atoms with van der Waals surface area (Å²) in [4.78, 5) is 18.7. The summed E-state index contributed by atoms with van der Waals surface area (Å²) in [5, 5.41) is 8.08. The third-order valence-corrected chi connectivity index (χ3v) is 1.27. The van der Waals surface area contributed by atoms with Crippen molar-refractivity contribution in [2.45, 2.75) is 13.3 Å². The molecular formula is C11H16O4. The Labute approximate surface area is 89.4 Å². The number of carboxylic acids is 1. The average molecular weight is 212 g/mol. The van der Waals surface area contributed by atoms with Crippen LogP contribution in [-0.4, -0.2) is 24.3 Å². The van der Waals surface area contributed by atoms with Crippen molar-refractivity contribution in [3.8, 4) is 0 Å². The third-order valence-electron chi connectivity index (χ3n) is 1.27. The summed E-state index contributed by atoms with van der Waals surface area (Å²) in [6.07, 6.45) is -0.0139. The van der Waals surface area contributed by atoms with Crippen molar-refractivity contribution >= 4 is 5.97 Å². The SMILES string of the molecule is CCOOCCC(=O)O.c1ccccc1. The number of hydrogen-bond donors (Lipinski definition) is 1. The molecule has 0 heterocycles. The Balaban J connectivity index is 0.000000280. The highest BCUT2D eigenvalue weighted by Gasteiger charge is 1.94. The van der Waals surface area contributed by atoms with Crippen LogP contribution in [-0.2, 0) is 14.6 Å². The van der Waals surface area contributed by atoms with Crippen molar-refractivity contribution in [1.29, 1.82) is 0 Å². The van der Waals surface area contributed by atoms with E-state index in [1.54, 1.807) is 6.92 Å². The van der Waals surface area contributed by atoms with Crippen LogP contribution in [0.25, 0.3) is 0 Å². The first-order valence-electron chi connectivity index (χ1n) is 4.73. The summed E-state index contributed by atoms with van der Waals surface area (Å²) in [5.74, 6) is -0.880. The highest BCUT2D eigenvalue weighted by Crippen LogP contribution is 1.82. The molecule has 0 fully saturated rings. The van der Waals surface area contributed by atoms with Crippen molar-refractivity contribution < 1.29 is 19.7 Å². The molecule has 0 aromatic heterocycles. The fourth-order valence-corrected chi connectivity index (χ4v) is 0.656. The minimum absolute atomic E-state index is 0.0139. The van der Waals surface area contributed by atoms with Gasteiger partial charge < -0.3 is 5.11 Å². The zero-order valence-electron chi connectivity index (χ0n) is 8.76. The van der Waals surface area contributed by atoms with E-state index >= 15 is 0 Å². The van der Waals surface area contributed by atoms with Gasteiger partial charge in [-0.2, -0.15) is 0 Å². The first-order valence-corrected chi connectivity index (χ1v) is 4.73. The summed E-state index contributed by atoms with van der Waals surface area (Å²) >= 11 is 0. The van der Waals surface area contributed by atoms with Gasteiger partial charge in [-0.05, 0) is 6.92 Å². The molecule has 0 bridgehead atoms. The molecule has 0 aliphatic carbocycles. The number of benzene rings is 1. The zero-order valence-corrected chi connectivity index (χ0v) is 8.76. The van der Waals surface area contributed by atoms with E-state index in [4.69, 9.17) is 5.11 Å². The molecule has 4 heteroatoms. The maximum Gasteiger partial charge on any atom is 0.305 e. The van der Waals surface area contributed by atoms with Crippen molar-refractivity contribution in [1.82, 2.24) is 0 Å². The van der Waals surface area contributed by atoms with Gasteiger partial charge in [0.2, 0.25) is 0 Å². The molecule has 84 valence electrons. The second-order valence-electron chi connectivity index (χ2n) is 2.53. The smallest absolute Gasteiger partial charge is 0.305 e. The lowest BCUT2D eigenvalue weighted by Crippen LogP contribution is -2.02. The van der Waals surface area contributed by atoms with Crippen LogP contribution in [0.1, 0.15) is 13.3 Å². The molecule has 0 radical (unpaired) electrons. The van der Waals surface area contributed by atoms with Crippen LogP contribution >= 0.6 is 0 Å². The van der Waals surface area contributed by atoms with Crippen LogP contribution in [0.15, 0.2) is 36.4 Å². The van der Waals surface area contributed by atoms with Crippen LogP contribution in [0.2, 0.25) is 0 Å². The van der Waals surface area contributed by atoms with Crippen molar-refractivity contribution in [2.24, 2.45) is 0 Å². The monoisotopic (exact) mass is 212 g/mol. The Hall–Kier alpha value is -1.39. The van der Waals surface area contributed by atoms with Crippen molar-refractivity contribution in [2.75, 3.05) is 13.2 Å². The van der Waals surface area contributed by atoms with E-state index in [1.165, 1.54) is 0 Å². The van der Waals surface area contributed by atoms with Gasteiger partial charge in [0.15, 0.2) is 0 Å². The molecule has 0 amide bonds. The zero-order chi connectivity index (χ0) is 11.4. The van der Waals surface area contributed by atoms with E-state index in [0.717, 1.165) is 0 Å². The Morgan fingerprint density at radius 3 is 1.87 bits per heavy atom. The Bertz CT molecular complexity index is 209. The second-order valence-corrected chi connectivity index (χ2v) is 2.53. The highest BCUT2D eigenvalue weighted by atomic mass is 17.2. The van der Waals surface area contributed by atoms with E-state index in [2.05, 4.69) is 9.78 Å². The summed E-state index contributed by atoms with van der Waals surface area (Å²) in [6.45, 7) is 2.32. The average Bonchev–Trinajstić information content (AvgIpc) is 2.28. The second kappa shape index (κ2) is 10.7. The third kappa shape index (κ3) is 12.6. The van der Waals surface area contributed by atoms with E-state index in [9.17, 15) is 4.79 Å². The van der Waals surface area contributed by atoms with Gasteiger partial charge in [0.05, 0.1) is 19.6 Å². The molecule has 0 aliphatic heterocycles. The fourth-order valence-electron chi connectivity index (χ4n) is 0.656. The van der Waals surface area contributed by atoms with Crippen molar-refractivity contribution in [3.05, 3.63) is 36.4 Å². The molecule has 0 saturated heterocycles. The lowest BCUT2D eigenvalue weighted by molar-refractivity contribution is -0.291. The quantitative estimate of drug-likeness (QED) is 0.461. The summed E-state index contributed by atoms with van der Waals surface area (Å²) in [5.41, 5.74) is 0. The van der Waals surface area contributed by atoms with Crippen molar-refractivity contribution in [3.63, 3.8) is 0 Å². The standard InChI is InChI=1S/C6H6.C5H10O4/c1-2-4-6-5-3-1;1-2-8-9-4-3-5(6)7/h1-6H;2-4H2,1H3,(H,6,7). The molecule has 0 unspecified atom stereocenters. The summed E-state index contributed by atoms with van der Waals surface area (Å²) in [6, 6.07) is 12.0. The molecule has 1 aromatic carbocycles. The molecule has 0 atom stereocenters. The van der Waals surface area contributed by atoms with Gasteiger partial charge >= 0.3 is 5.97 Å². The number of hydrogen-bond acceptors (Lipinski definition) is 3. The van der Waals surface area contributed by atoms with E-state index in [1.807, 2.05) is 36.4 Å². The number of aliphatic carboxylic acids is 1. The molecule has 15 heavy (non-hydrogen) atoms. The topological polar surface area (TPSA) is 55.8 Å². The van der Waals surface area contributed by atoms with Gasteiger partial charge in [-0.15, -0.1) is 0 Å². The Kier molecular flexibility index (Phi) is 9.70. The lowest BCUT2D eigenvalue weighted by Gasteiger charge is -1.96. The molecule has 0 aliphatic rings. The van der Waals surface area contributed by atoms with Gasteiger partial charge in [0.1, 0.15) is 0 Å². The predicted octanol–water partition coefficient (Wildman–Crippen LogP) is 2.12.